The summed E-state index contributed by atoms with van der Waals surface area (Å²) in [6.07, 6.45) is 2.91. The first-order chi connectivity index (χ1) is 9.46. The molecule has 0 aromatic heterocycles. The molecule has 2 nitrogen and oxygen atoms in total. The lowest BCUT2D eigenvalue weighted by Crippen LogP contribution is -2.39. The van der Waals surface area contributed by atoms with E-state index in [1.54, 1.807) is 11.8 Å². The zero-order valence-corrected chi connectivity index (χ0v) is 12.8. The van der Waals surface area contributed by atoms with Gasteiger partial charge in [0.15, 0.2) is 17.5 Å². The Morgan fingerprint density at radius 2 is 1.80 bits per heavy atom. The van der Waals surface area contributed by atoms with E-state index in [4.69, 9.17) is 5.73 Å². The Bertz CT molecular complexity index is 419. The van der Waals surface area contributed by atoms with Crippen molar-refractivity contribution in [2.75, 3.05) is 25.6 Å². The Kier molecular flexibility index (Phi) is 6.85. The standard InChI is InChI=1S/C14H21F3N2S/c1-4-10(8-20-3)19(2)13(7-18)9-5-11(15)14(17)12(16)6-9/h5-6,10,13H,4,7-8,18H2,1-3H3. The summed E-state index contributed by atoms with van der Waals surface area (Å²) in [4.78, 5) is 2.00. The molecule has 114 valence electrons. The van der Waals surface area contributed by atoms with E-state index >= 15 is 0 Å². The molecule has 6 heteroatoms. The van der Waals surface area contributed by atoms with Crippen molar-refractivity contribution >= 4 is 11.8 Å². The molecule has 20 heavy (non-hydrogen) atoms. The monoisotopic (exact) mass is 306 g/mol. The molecule has 0 saturated carbocycles. The first-order valence-electron chi connectivity index (χ1n) is 6.51. The molecule has 0 amide bonds. The van der Waals surface area contributed by atoms with Gasteiger partial charge in [-0.3, -0.25) is 4.90 Å². The third-order valence-corrected chi connectivity index (χ3v) is 4.23. The summed E-state index contributed by atoms with van der Waals surface area (Å²) in [6, 6.07) is 1.96. The highest BCUT2D eigenvalue weighted by Gasteiger charge is 2.24. The van der Waals surface area contributed by atoms with Crippen LogP contribution in [0.2, 0.25) is 0 Å². The quantitative estimate of drug-likeness (QED) is 0.785. The number of benzene rings is 1. The number of halogens is 3. The second-order valence-electron chi connectivity index (χ2n) is 4.73. The summed E-state index contributed by atoms with van der Waals surface area (Å²) >= 11 is 1.70. The molecule has 2 atom stereocenters. The maximum absolute atomic E-state index is 13.4. The van der Waals surface area contributed by atoms with Crippen LogP contribution in [-0.4, -0.2) is 36.5 Å². The molecule has 1 aromatic carbocycles. The van der Waals surface area contributed by atoms with Crippen LogP contribution in [-0.2, 0) is 0 Å². The van der Waals surface area contributed by atoms with Crippen molar-refractivity contribution in [3.63, 3.8) is 0 Å². The lowest BCUT2D eigenvalue weighted by Gasteiger charge is -2.34. The van der Waals surface area contributed by atoms with E-state index in [9.17, 15) is 13.2 Å². The van der Waals surface area contributed by atoms with E-state index in [-0.39, 0.29) is 18.6 Å². The molecule has 0 aliphatic carbocycles. The average molecular weight is 306 g/mol. The van der Waals surface area contributed by atoms with Gasteiger partial charge in [-0.1, -0.05) is 6.92 Å². The van der Waals surface area contributed by atoms with Crippen molar-refractivity contribution in [3.8, 4) is 0 Å². The van der Waals surface area contributed by atoms with Gasteiger partial charge in [-0.05, 0) is 37.4 Å². The zero-order valence-electron chi connectivity index (χ0n) is 12.0. The van der Waals surface area contributed by atoms with Crippen LogP contribution in [0.5, 0.6) is 0 Å². The van der Waals surface area contributed by atoms with Crippen LogP contribution in [0.3, 0.4) is 0 Å². The predicted octanol–water partition coefficient (Wildman–Crippen LogP) is 3.18. The van der Waals surface area contributed by atoms with Crippen molar-refractivity contribution in [1.29, 1.82) is 0 Å². The SMILES string of the molecule is CCC(CSC)N(C)C(CN)c1cc(F)c(F)c(F)c1. The summed E-state index contributed by atoms with van der Waals surface area (Å²) in [7, 11) is 1.88. The molecular formula is C14H21F3N2S. The van der Waals surface area contributed by atoms with Crippen molar-refractivity contribution in [3.05, 3.63) is 35.1 Å². The molecule has 0 saturated heterocycles. The molecule has 1 aromatic rings. The molecule has 0 aliphatic heterocycles. The van der Waals surface area contributed by atoms with Crippen LogP contribution in [0.15, 0.2) is 12.1 Å². The topological polar surface area (TPSA) is 29.3 Å². The van der Waals surface area contributed by atoms with Crippen molar-refractivity contribution in [2.24, 2.45) is 5.73 Å². The van der Waals surface area contributed by atoms with Crippen LogP contribution in [0.25, 0.3) is 0 Å². The average Bonchev–Trinajstić information content (AvgIpc) is 2.42. The molecule has 0 bridgehead atoms. The van der Waals surface area contributed by atoms with Gasteiger partial charge in [0, 0.05) is 24.4 Å². The smallest absolute Gasteiger partial charge is 0.194 e. The molecule has 2 N–H and O–H groups in total. The minimum atomic E-state index is -1.44. The Balaban J connectivity index is 3.06. The van der Waals surface area contributed by atoms with Gasteiger partial charge in [0.1, 0.15) is 0 Å². The van der Waals surface area contributed by atoms with Crippen molar-refractivity contribution in [1.82, 2.24) is 4.90 Å². The maximum Gasteiger partial charge on any atom is 0.194 e. The third kappa shape index (κ3) is 3.90. The highest BCUT2D eigenvalue weighted by Crippen LogP contribution is 2.25. The van der Waals surface area contributed by atoms with Crippen LogP contribution in [0.1, 0.15) is 24.9 Å². The zero-order chi connectivity index (χ0) is 15.3. The van der Waals surface area contributed by atoms with Gasteiger partial charge < -0.3 is 5.73 Å². The van der Waals surface area contributed by atoms with Gasteiger partial charge >= 0.3 is 0 Å². The lowest BCUT2D eigenvalue weighted by atomic mass is 10.0. The second kappa shape index (κ2) is 7.90. The number of likely N-dealkylation sites (N-methyl/N-ethyl adjacent to an activating group) is 1. The van der Waals surface area contributed by atoms with Gasteiger partial charge in [0.2, 0.25) is 0 Å². The van der Waals surface area contributed by atoms with E-state index in [1.165, 1.54) is 0 Å². The largest absolute Gasteiger partial charge is 0.329 e. The normalized spacial score (nSPS) is 14.6. The Morgan fingerprint density at radius 1 is 1.25 bits per heavy atom. The maximum atomic E-state index is 13.4. The van der Waals surface area contributed by atoms with Crippen LogP contribution in [0.4, 0.5) is 13.2 Å². The van der Waals surface area contributed by atoms with Gasteiger partial charge in [0.05, 0.1) is 0 Å². The molecular weight excluding hydrogens is 285 g/mol. The lowest BCUT2D eigenvalue weighted by molar-refractivity contribution is 0.187. The fourth-order valence-electron chi connectivity index (χ4n) is 2.28. The van der Waals surface area contributed by atoms with Gasteiger partial charge in [-0.15, -0.1) is 0 Å². The molecule has 1 rings (SSSR count). The summed E-state index contributed by atoms with van der Waals surface area (Å²) in [6.45, 7) is 2.27. The molecule has 0 aliphatic rings. The first kappa shape index (κ1) is 17.3. The number of rotatable bonds is 7. The van der Waals surface area contributed by atoms with Crippen molar-refractivity contribution in [2.45, 2.75) is 25.4 Å². The number of thioether (sulfide) groups is 1. The van der Waals surface area contributed by atoms with Gasteiger partial charge in [-0.25, -0.2) is 13.2 Å². The third-order valence-electron chi connectivity index (χ3n) is 3.51. The summed E-state index contributed by atoms with van der Waals surface area (Å²) in [5.41, 5.74) is 6.11. The number of nitrogens with two attached hydrogens (primary N) is 1. The highest BCUT2D eigenvalue weighted by atomic mass is 32.2. The fraction of sp³-hybridized carbons (Fsp3) is 0.571. The Hall–Kier alpha value is -0.720. The van der Waals surface area contributed by atoms with Gasteiger partial charge in [-0.2, -0.15) is 11.8 Å². The van der Waals surface area contributed by atoms with E-state index in [0.29, 0.717) is 5.56 Å². The molecule has 0 radical (unpaired) electrons. The summed E-state index contributed by atoms with van der Waals surface area (Å²) in [5.74, 6) is -2.90. The number of hydrogen-bond donors (Lipinski definition) is 1. The molecule has 2 unspecified atom stereocenters. The van der Waals surface area contributed by atoms with Gasteiger partial charge in [0.25, 0.3) is 0 Å². The minimum Gasteiger partial charge on any atom is -0.329 e. The summed E-state index contributed by atoms with van der Waals surface area (Å²) < 4.78 is 39.7. The Morgan fingerprint density at radius 3 is 2.20 bits per heavy atom. The fourth-order valence-corrected chi connectivity index (χ4v) is 3.13. The molecule has 0 heterocycles. The summed E-state index contributed by atoms with van der Waals surface area (Å²) in [5, 5.41) is 0. The van der Waals surface area contributed by atoms with Crippen LogP contribution < -0.4 is 5.73 Å². The number of hydrogen-bond acceptors (Lipinski definition) is 3. The predicted molar refractivity (Wildman–Crippen MR) is 78.3 cm³/mol. The first-order valence-corrected chi connectivity index (χ1v) is 7.90. The second-order valence-corrected chi connectivity index (χ2v) is 5.64. The van der Waals surface area contributed by atoms with Crippen molar-refractivity contribution < 1.29 is 13.2 Å². The van der Waals surface area contributed by atoms with E-state index in [2.05, 4.69) is 6.92 Å². The highest BCUT2D eigenvalue weighted by molar-refractivity contribution is 7.98. The molecule has 0 spiro atoms. The van der Waals surface area contributed by atoms with Crippen LogP contribution >= 0.6 is 11.8 Å². The van der Waals surface area contributed by atoms with E-state index in [1.807, 2.05) is 18.2 Å². The molecule has 0 fully saturated rings. The minimum absolute atomic E-state index is 0.214. The number of nitrogens with zero attached hydrogens (tertiary/aromatic N) is 1. The van der Waals surface area contributed by atoms with E-state index in [0.717, 1.165) is 24.3 Å². The van der Waals surface area contributed by atoms with Crippen LogP contribution in [0, 0.1) is 17.5 Å². The Labute approximate surface area is 122 Å². The van der Waals surface area contributed by atoms with E-state index < -0.39 is 17.5 Å².